The number of hydrogen-bond donors (Lipinski definition) is 1. The van der Waals surface area contributed by atoms with Crippen LogP contribution in [0.25, 0.3) is 0 Å². The van der Waals surface area contributed by atoms with E-state index < -0.39 is 17.7 Å². The SMILES string of the molecule is C=CC(=O)OC1(C)CCC(C(=C)C)CC1O. The monoisotopic (exact) mass is 224 g/mol. The van der Waals surface area contributed by atoms with E-state index in [4.69, 9.17) is 4.74 Å². The van der Waals surface area contributed by atoms with Gasteiger partial charge in [0.2, 0.25) is 0 Å². The lowest BCUT2D eigenvalue weighted by atomic mass is 9.75. The molecule has 0 heterocycles. The van der Waals surface area contributed by atoms with Gasteiger partial charge >= 0.3 is 5.97 Å². The summed E-state index contributed by atoms with van der Waals surface area (Å²) >= 11 is 0. The van der Waals surface area contributed by atoms with Crippen LogP contribution in [0.4, 0.5) is 0 Å². The van der Waals surface area contributed by atoms with Crippen molar-refractivity contribution in [3.63, 3.8) is 0 Å². The lowest BCUT2D eigenvalue weighted by molar-refractivity contribution is -0.172. The van der Waals surface area contributed by atoms with Crippen LogP contribution in [0.15, 0.2) is 24.8 Å². The van der Waals surface area contributed by atoms with Crippen molar-refractivity contribution >= 4 is 5.97 Å². The maximum absolute atomic E-state index is 11.2. The van der Waals surface area contributed by atoms with E-state index in [9.17, 15) is 9.90 Å². The molecule has 3 atom stereocenters. The lowest BCUT2D eigenvalue weighted by Crippen LogP contribution is -2.47. The second kappa shape index (κ2) is 4.83. The van der Waals surface area contributed by atoms with E-state index in [2.05, 4.69) is 13.2 Å². The van der Waals surface area contributed by atoms with Gasteiger partial charge in [0.25, 0.3) is 0 Å². The average molecular weight is 224 g/mol. The van der Waals surface area contributed by atoms with Crippen LogP contribution < -0.4 is 0 Å². The Labute approximate surface area is 96.8 Å². The highest BCUT2D eigenvalue weighted by Gasteiger charge is 2.41. The van der Waals surface area contributed by atoms with Crippen molar-refractivity contribution in [2.24, 2.45) is 5.92 Å². The van der Waals surface area contributed by atoms with Gasteiger partial charge in [-0.3, -0.25) is 0 Å². The molecular weight excluding hydrogens is 204 g/mol. The fourth-order valence-electron chi connectivity index (χ4n) is 2.10. The van der Waals surface area contributed by atoms with Gasteiger partial charge in [-0.15, -0.1) is 0 Å². The molecule has 1 rings (SSSR count). The number of ether oxygens (including phenoxy) is 1. The molecule has 0 aromatic heterocycles. The number of rotatable bonds is 3. The molecule has 0 spiro atoms. The van der Waals surface area contributed by atoms with Crippen LogP contribution in [0.5, 0.6) is 0 Å². The van der Waals surface area contributed by atoms with Gasteiger partial charge in [0.1, 0.15) is 5.60 Å². The van der Waals surface area contributed by atoms with E-state index >= 15 is 0 Å². The fourth-order valence-corrected chi connectivity index (χ4v) is 2.10. The van der Waals surface area contributed by atoms with Crippen molar-refractivity contribution in [3.05, 3.63) is 24.8 Å². The quantitative estimate of drug-likeness (QED) is 0.454. The predicted molar refractivity (Wildman–Crippen MR) is 62.9 cm³/mol. The maximum Gasteiger partial charge on any atom is 0.330 e. The van der Waals surface area contributed by atoms with Crippen LogP contribution in [0.3, 0.4) is 0 Å². The van der Waals surface area contributed by atoms with E-state index in [0.717, 1.165) is 18.1 Å². The van der Waals surface area contributed by atoms with Crippen molar-refractivity contribution in [1.29, 1.82) is 0 Å². The summed E-state index contributed by atoms with van der Waals surface area (Å²) in [4.78, 5) is 11.2. The third-order valence-corrected chi connectivity index (χ3v) is 3.40. The van der Waals surface area contributed by atoms with Crippen molar-refractivity contribution in [2.75, 3.05) is 0 Å². The Morgan fingerprint density at radius 2 is 2.25 bits per heavy atom. The fraction of sp³-hybridized carbons (Fsp3) is 0.615. The van der Waals surface area contributed by atoms with Crippen LogP contribution >= 0.6 is 0 Å². The van der Waals surface area contributed by atoms with Crippen molar-refractivity contribution in [3.8, 4) is 0 Å². The first-order chi connectivity index (χ1) is 7.39. The summed E-state index contributed by atoms with van der Waals surface area (Å²) in [5, 5.41) is 10.0. The van der Waals surface area contributed by atoms with E-state index in [-0.39, 0.29) is 0 Å². The smallest absolute Gasteiger partial charge is 0.330 e. The molecule has 0 amide bonds. The van der Waals surface area contributed by atoms with Gasteiger partial charge in [-0.2, -0.15) is 0 Å². The molecule has 3 heteroatoms. The zero-order valence-electron chi connectivity index (χ0n) is 10.0. The Balaban J connectivity index is 2.67. The minimum Gasteiger partial charge on any atom is -0.453 e. The third kappa shape index (κ3) is 2.73. The van der Waals surface area contributed by atoms with Crippen LogP contribution in [0, 0.1) is 5.92 Å². The van der Waals surface area contributed by atoms with Gasteiger partial charge in [0, 0.05) is 6.08 Å². The van der Waals surface area contributed by atoms with Gasteiger partial charge in [-0.25, -0.2) is 4.79 Å². The molecule has 16 heavy (non-hydrogen) atoms. The van der Waals surface area contributed by atoms with Crippen LogP contribution in [-0.2, 0) is 9.53 Å². The summed E-state index contributed by atoms with van der Waals surface area (Å²) in [6.07, 6.45) is 2.66. The molecule has 0 radical (unpaired) electrons. The second-order valence-electron chi connectivity index (χ2n) is 4.77. The molecule has 1 fully saturated rings. The molecule has 0 saturated heterocycles. The molecule has 3 unspecified atom stereocenters. The van der Waals surface area contributed by atoms with Crippen molar-refractivity contribution < 1.29 is 14.6 Å². The van der Waals surface area contributed by atoms with Gasteiger partial charge < -0.3 is 9.84 Å². The van der Waals surface area contributed by atoms with E-state index in [1.807, 2.05) is 6.92 Å². The molecule has 0 bridgehead atoms. The number of aliphatic hydroxyl groups excluding tert-OH is 1. The van der Waals surface area contributed by atoms with E-state index in [0.29, 0.717) is 18.8 Å². The minimum atomic E-state index is -0.781. The second-order valence-corrected chi connectivity index (χ2v) is 4.77. The van der Waals surface area contributed by atoms with Gasteiger partial charge in [-0.05, 0) is 39.0 Å². The first kappa shape index (κ1) is 13.0. The normalized spacial score (nSPS) is 34.2. The number of esters is 1. The predicted octanol–water partition coefficient (Wildman–Crippen LogP) is 2.21. The molecule has 0 aromatic carbocycles. The van der Waals surface area contributed by atoms with Crippen LogP contribution in [0.2, 0.25) is 0 Å². The number of allylic oxidation sites excluding steroid dienone is 1. The highest BCUT2D eigenvalue weighted by molar-refractivity contribution is 5.81. The number of hydrogen-bond acceptors (Lipinski definition) is 3. The minimum absolute atomic E-state index is 0.325. The molecule has 1 N–H and O–H groups in total. The molecule has 0 aliphatic heterocycles. The molecule has 1 aliphatic carbocycles. The zero-order chi connectivity index (χ0) is 12.3. The first-order valence-corrected chi connectivity index (χ1v) is 5.58. The highest BCUT2D eigenvalue weighted by Crippen LogP contribution is 2.37. The summed E-state index contributed by atoms with van der Waals surface area (Å²) in [5.74, 6) is -0.152. The largest absolute Gasteiger partial charge is 0.453 e. The molecule has 1 saturated carbocycles. The Hall–Kier alpha value is -1.09. The number of aliphatic hydroxyl groups is 1. The zero-order valence-corrected chi connectivity index (χ0v) is 10.0. The first-order valence-electron chi connectivity index (χ1n) is 5.58. The standard InChI is InChI=1S/C13H20O3/c1-5-12(15)16-13(4)7-6-10(9(2)3)8-11(13)14/h5,10-11,14H,1-2,6-8H2,3-4H3. The summed E-state index contributed by atoms with van der Waals surface area (Å²) in [5.41, 5.74) is 0.299. The van der Waals surface area contributed by atoms with Crippen LogP contribution in [-0.4, -0.2) is 22.8 Å². The van der Waals surface area contributed by atoms with E-state index in [1.54, 1.807) is 6.92 Å². The summed E-state index contributed by atoms with van der Waals surface area (Å²) in [6, 6.07) is 0. The Morgan fingerprint density at radius 1 is 1.62 bits per heavy atom. The number of carbonyl (C=O) groups excluding carboxylic acids is 1. The average Bonchev–Trinajstić information content (AvgIpc) is 2.21. The van der Waals surface area contributed by atoms with Gasteiger partial charge in [0.05, 0.1) is 6.10 Å². The highest BCUT2D eigenvalue weighted by atomic mass is 16.6. The number of carbonyl (C=O) groups is 1. The topological polar surface area (TPSA) is 46.5 Å². The van der Waals surface area contributed by atoms with Gasteiger partial charge in [0.15, 0.2) is 0 Å². The summed E-state index contributed by atoms with van der Waals surface area (Å²) < 4.78 is 5.23. The summed E-state index contributed by atoms with van der Waals surface area (Å²) in [7, 11) is 0. The molecule has 90 valence electrons. The lowest BCUT2D eigenvalue weighted by Gasteiger charge is -2.41. The third-order valence-electron chi connectivity index (χ3n) is 3.40. The molecule has 0 aromatic rings. The van der Waals surface area contributed by atoms with Crippen LogP contribution in [0.1, 0.15) is 33.1 Å². The Bertz CT molecular complexity index is 308. The van der Waals surface area contributed by atoms with Crippen molar-refractivity contribution in [2.45, 2.75) is 44.8 Å². The maximum atomic E-state index is 11.2. The Kier molecular flexibility index (Phi) is 3.92. The van der Waals surface area contributed by atoms with E-state index in [1.165, 1.54) is 0 Å². The Morgan fingerprint density at radius 3 is 2.69 bits per heavy atom. The molecule has 3 nitrogen and oxygen atoms in total. The molecule has 1 aliphatic rings. The van der Waals surface area contributed by atoms with Gasteiger partial charge in [-0.1, -0.05) is 18.7 Å². The summed E-state index contributed by atoms with van der Waals surface area (Å²) in [6.45, 7) is 11.0. The van der Waals surface area contributed by atoms with Crippen molar-refractivity contribution in [1.82, 2.24) is 0 Å². The molecular formula is C13H20O3.